The van der Waals surface area contributed by atoms with Gasteiger partial charge in [-0.2, -0.15) is 9.13 Å². The minimum Gasteiger partial charge on any atom is -1.00 e. The minimum atomic E-state index is 0. The Hall–Kier alpha value is -1.35. The average Bonchev–Trinajstić information content (AvgIpc) is 2.85. The summed E-state index contributed by atoms with van der Waals surface area (Å²) in [7, 11) is 0. The molecule has 0 aliphatic rings. The third kappa shape index (κ3) is 4.25. The molecule has 2 nitrogen and oxygen atoms in total. The normalized spacial score (nSPS) is 10.2. The average molecular weight is 448 g/mol. The topological polar surface area (TPSA) is 8.81 Å². The molecule has 0 saturated carbocycles. The Bertz CT molecular complexity index is 779. The number of nitrogens with zero attached hydrogens (tertiary/aromatic N) is 2. The molecule has 4 heteroatoms. The maximum atomic E-state index is 3.48. The molecular formula is C21H24BrCuN2+. The van der Waals surface area contributed by atoms with Gasteiger partial charge in [-0.3, -0.25) is 0 Å². The van der Waals surface area contributed by atoms with Crippen LogP contribution in [0.5, 0.6) is 0 Å². The molecule has 135 valence electrons. The smallest absolute Gasteiger partial charge is 1.00 e. The van der Waals surface area contributed by atoms with Crippen LogP contribution in [0.25, 0.3) is 11.4 Å². The first-order chi connectivity index (χ1) is 10.9. The van der Waals surface area contributed by atoms with Crippen molar-refractivity contribution in [2.24, 2.45) is 0 Å². The van der Waals surface area contributed by atoms with E-state index in [0.717, 1.165) is 0 Å². The number of imidazole rings is 1. The second kappa shape index (κ2) is 8.35. The zero-order chi connectivity index (χ0) is 16.7. The van der Waals surface area contributed by atoms with Crippen molar-refractivity contribution >= 4 is 0 Å². The fourth-order valence-corrected chi connectivity index (χ4v) is 3.67. The molecule has 0 N–H and O–H groups in total. The molecule has 0 aliphatic heterocycles. The predicted octanol–water partition coefficient (Wildman–Crippen LogP) is 1.41. The summed E-state index contributed by atoms with van der Waals surface area (Å²) in [5.41, 5.74) is 10.1. The number of rotatable bonds is 2. The van der Waals surface area contributed by atoms with E-state index in [1.807, 2.05) is 0 Å². The van der Waals surface area contributed by atoms with Gasteiger partial charge in [-0.15, -0.1) is 0 Å². The number of aryl methyl sites for hydroxylation is 6. The van der Waals surface area contributed by atoms with Crippen LogP contribution in [0, 0.1) is 47.9 Å². The fraction of sp³-hybridized carbons (Fsp3) is 0.286. The summed E-state index contributed by atoms with van der Waals surface area (Å²) in [5.74, 6) is 0. The van der Waals surface area contributed by atoms with E-state index in [0.29, 0.717) is 0 Å². The summed E-state index contributed by atoms with van der Waals surface area (Å²) in [6.45, 7) is 12.9. The molecular weight excluding hydrogens is 424 g/mol. The maximum absolute atomic E-state index is 3.48. The Morgan fingerprint density at radius 3 is 1.68 bits per heavy atom. The van der Waals surface area contributed by atoms with Crippen LogP contribution in [0.1, 0.15) is 33.4 Å². The van der Waals surface area contributed by atoms with E-state index in [2.05, 4.69) is 93.7 Å². The molecule has 1 aromatic heterocycles. The van der Waals surface area contributed by atoms with Crippen LogP contribution in [0.15, 0.2) is 36.7 Å². The monoisotopic (exact) mass is 446 g/mol. The first kappa shape index (κ1) is 21.7. The van der Waals surface area contributed by atoms with Gasteiger partial charge in [-0.1, -0.05) is 35.4 Å². The van der Waals surface area contributed by atoms with E-state index < -0.39 is 0 Å². The Balaban J connectivity index is 0.00000156. The molecule has 1 heterocycles. The van der Waals surface area contributed by atoms with Gasteiger partial charge in [0.15, 0.2) is 0 Å². The molecule has 0 spiro atoms. The molecule has 0 saturated heterocycles. The van der Waals surface area contributed by atoms with Crippen LogP contribution >= 0.6 is 0 Å². The minimum absolute atomic E-state index is 0. The van der Waals surface area contributed by atoms with Gasteiger partial charge in [0.2, 0.25) is 0 Å². The second-order valence-corrected chi connectivity index (χ2v) is 6.63. The van der Waals surface area contributed by atoms with E-state index in [9.17, 15) is 0 Å². The van der Waals surface area contributed by atoms with E-state index in [1.165, 1.54) is 44.8 Å². The summed E-state index contributed by atoms with van der Waals surface area (Å²) in [6, 6.07) is 8.90. The van der Waals surface area contributed by atoms with Gasteiger partial charge in [0.25, 0.3) is 0 Å². The molecule has 0 amide bonds. The third-order valence-electron chi connectivity index (χ3n) is 4.33. The van der Waals surface area contributed by atoms with Crippen LogP contribution < -0.4 is 21.5 Å². The van der Waals surface area contributed by atoms with Crippen molar-refractivity contribution in [3.8, 4) is 11.4 Å². The van der Waals surface area contributed by atoms with Gasteiger partial charge in [0, 0.05) is 0 Å². The Labute approximate surface area is 172 Å². The fourth-order valence-electron chi connectivity index (χ4n) is 3.67. The Morgan fingerprint density at radius 1 is 0.760 bits per heavy atom. The Kier molecular flexibility index (Phi) is 7.25. The summed E-state index contributed by atoms with van der Waals surface area (Å²) >= 11 is 0. The van der Waals surface area contributed by atoms with E-state index in [1.54, 1.807) is 0 Å². The number of aromatic nitrogens is 2. The number of hydrogen-bond acceptors (Lipinski definition) is 0. The standard InChI is InChI=1S/C21H24N2.BrH.Cu/c1-14-9-16(3)20(17(4)10-14)22-7-8-23(13-22)21-18(5)11-15(2)12-19(21)6;;/h7-12H,1-6H3;1H;/q+1;;+1/p-1. The molecule has 3 rings (SSSR count). The van der Waals surface area contributed by atoms with Gasteiger partial charge in [0.05, 0.1) is 0 Å². The van der Waals surface area contributed by atoms with Crippen molar-refractivity contribution in [2.45, 2.75) is 41.5 Å². The van der Waals surface area contributed by atoms with Crippen molar-refractivity contribution in [3.63, 3.8) is 0 Å². The molecule has 0 unspecified atom stereocenters. The zero-order valence-electron chi connectivity index (χ0n) is 15.5. The molecule has 1 radical (unpaired) electrons. The van der Waals surface area contributed by atoms with Gasteiger partial charge in [-0.25, -0.2) is 0 Å². The Morgan fingerprint density at radius 2 is 1.20 bits per heavy atom. The van der Waals surface area contributed by atoms with E-state index in [4.69, 9.17) is 0 Å². The quantitative estimate of drug-likeness (QED) is 0.415. The van der Waals surface area contributed by atoms with Gasteiger partial charge in [-0.05, 0) is 63.8 Å². The van der Waals surface area contributed by atoms with Crippen molar-refractivity contribution in [1.29, 1.82) is 0 Å². The predicted molar refractivity (Wildman–Crippen MR) is 94.6 cm³/mol. The van der Waals surface area contributed by atoms with Gasteiger partial charge >= 0.3 is 23.4 Å². The summed E-state index contributed by atoms with van der Waals surface area (Å²) in [6.07, 6.45) is 7.65. The summed E-state index contributed by atoms with van der Waals surface area (Å²) < 4.78 is 4.20. The van der Waals surface area contributed by atoms with Gasteiger partial charge < -0.3 is 17.0 Å². The molecule has 0 fully saturated rings. The largest absolute Gasteiger partial charge is 1.00 e. The number of halogens is 1. The van der Waals surface area contributed by atoms with E-state index >= 15 is 0 Å². The van der Waals surface area contributed by atoms with Gasteiger partial charge in [0.1, 0.15) is 23.8 Å². The second-order valence-electron chi connectivity index (χ2n) is 6.63. The molecule has 25 heavy (non-hydrogen) atoms. The number of benzene rings is 2. The SMILES string of the molecule is Cc1cc(C)c(-n2[c][n+](-c3c(C)cc(C)cc3C)cc2)c(C)c1.[Br-].[Cu+]. The molecule has 3 aromatic rings. The van der Waals surface area contributed by atoms with Crippen LogP contribution in [-0.4, -0.2) is 4.57 Å². The molecule has 0 atom stereocenters. The van der Waals surface area contributed by atoms with Crippen LogP contribution in [0.3, 0.4) is 0 Å². The third-order valence-corrected chi connectivity index (χ3v) is 4.33. The van der Waals surface area contributed by atoms with Crippen LogP contribution in [-0.2, 0) is 17.1 Å². The molecule has 0 aliphatic carbocycles. The zero-order valence-corrected chi connectivity index (χ0v) is 18.1. The van der Waals surface area contributed by atoms with Crippen LogP contribution in [0.2, 0.25) is 0 Å². The summed E-state index contributed by atoms with van der Waals surface area (Å²) in [4.78, 5) is 0. The van der Waals surface area contributed by atoms with Crippen molar-refractivity contribution in [2.75, 3.05) is 0 Å². The summed E-state index contributed by atoms with van der Waals surface area (Å²) in [5, 5.41) is 0. The first-order valence-corrected chi connectivity index (χ1v) is 8.05. The molecule has 0 bridgehead atoms. The van der Waals surface area contributed by atoms with Crippen molar-refractivity contribution < 1.29 is 38.6 Å². The first-order valence-electron chi connectivity index (χ1n) is 8.05. The number of hydrogen-bond donors (Lipinski definition) is 0. The van der Waals surface area contributed by atoms with Crippen LogP contribution in [0.4, 0.5) is 0 Å². The van der Waals surface area contributed by atoms with Crippen molar-refractivity contribution in [3.05, 3.63) is 76.4 Å². The maximum Gasteiger partial charge on any atom is 1.00 e. The molecule has 2 aromatic carbocycles. The van der Waals surface area contributed by atoms with E-state index in [-0.39, 0.29) is 34.1 Å². The van der Waals surface area contributed by atoms with Crippen molar-refractivity contribution in [1.82, 2.24) is 4.57 Å².